The highest BCUT2D eigenvalue weighted by molar-refractivity contribution is 7.80. The normalized spacial score (nSPS) is 13.5. The van der Waals surface area contributed by atoms with Gasteiger partial charge in [0.2, 0.25) is 5.11 Å². The number of rotatable bonds is 0. The molecule has 2 rings (SSSR count). The highest BCUT2D eigenvalue weighted by atomic mass is 32.1. The van der Waals surface area contributed by atoms with Gasteiger partial charge in [0, 0.05) is 0 Å². The van der Waals surface area contributed by atoms with Crippen LogP contribution in [0.25, 0.3) is 0 Å². The smallest absolute Gasteiger partial charge is 0.289 e. The molecule has 0 saturated heterocycles. The number of fused-ring (bicyclic) bond motifs is 1. The Morgan fingerprint density at radius 3 is 2.77 bits per heavy atom. The van der Waals surface area contributed by atoms with Crippen LogP contribution in [0.1, 0.15) is 0 Å². The lowest BCUT2D eigenvalue weighted by molar-refractivity contribution is 0.916. The quantitative estimate of drug-likeness (QED) is 0.379. The molecule has 0 radical (unpaired) electrons. The van der Waals surface area contributed by atoms with Crippen LogP contribution in [-0.2, 0) is 0 Å². The minimum absolute atomic E-state index is 0.0274. The number of nitrogens with zero attached hydrogens (tertiary/aromatic N) is 3. The van der Waals surface area contributed by atoms with Crippen molar-refractivity contribution in [2.75, 3.05) is 0 Å². The van der Waals surface area contributed by atoms with E-state index < -0.39 is 11.2 Å². The highest BCUT2D eigenvalue weighted by Crippen LogP contribution is 1.80. The van der Waals surface area contributed by atoms with Crippen LogP contribution < -0.4 is 22.1 Å². The molecule has 0 spiro atoms. The maximum Gasteiger partial charge on any atom is 0.340 e. The molecule has 0 fully saturated rings. The summed E-state index contributed by atoms with van der Waals surface area (Å²) in [4.78, 5) is 31.9. The van der Waals surface area contributed by atoms with E-state index in [0.29, 0.717) is 3.97 Å². The SMILES string of the molecule is O=c1[nH]c2c(c(=O)n1S)=NC(=S)N=2. The molecule has 0 amide bonds. The number of thiol groups is 1. The summed E-state index contributed by atoms with van der Waals surface area (Å²) in [6.45, 7) is 0. The molecule has 13 heavy (non-hydrogen) atoms. The van der Waals surface area contributed by atoms with E-state index >= 15 is 0 Å². The summed E-state index contributed by atoms with van der Waals surface area (Å²) in [5, 5.41) is 0.0573. The molecule has 8 heteroatoms. The van der Waals surface area contributed by atoms with Crippen LogP contribution in [-0.4, -0.2) is 14.1 Å². The Kier molecular flexibility index (Phi) is 1.67. The lowest BCUT2D eigenvalue weighted by atomic mass is 10.6. The van der Waals surface area contributed by atoms with Gasteiger partial charge in [-0.3, -0.25) is 9.78 Å². The third kappa shape index (κ3) is 1.14. The van der Waals surface area contributed by atoms with Gasteiger partial charge in [-0.2, -0.15) is 4.99 Å². The maximum atomic E-state index is 11.3. The third-order valence-corrected chi connectivity index (χ3v) is 2.00. The minimum Gasteiger partial charge on any atom is -0.289 e. The lowest BCUT2D eigenvalue weighted by Crippen LogP contribution is -2.50. The molecule has 0 atom stereocenters. The Morgan fingerprint density at radius 1 is 1.38 bits per heavy atom. The topological polar surface area (TPSA) is 79.6 Å². The standard InChI is InChI=1S/C5H2N4O2S2/c10-3-1-2(7-4(12)6-1)8-5(11)9(3)13/h13H,(H,7,8,11,12). The second-order valence-corrected chi connectivity index (χ2v) is 3.02. The van der Waals surface area contributed by atoms with E-state index in [1.807, 2.05) is 0 Å². The van der Waals surface area contributed by atoms with E-state index in [1.54, 1.807) is 0 Å². The van der Waals surface area contributed by atoms with Gasteiger partial charge in [0.15, 0.2) is 10.8 Å². The molecule has 1 aromatic rings. The average molecular weight is 214 g/mol. The Labute approximate surface area is 81.2 Å². The third-order valence-electron chi connectivity index (χ3n) is 1.45. The molecule has 2 heterocycles. The van der Waals surface area contributed by atoms with Gasteiger partial charge in [-0.25, -0.2) is 13.8 Å². The van der Waals surface area contributed by atoms with E-state index in [2.05, 4.69) is 40.0 Å². The Bertz CT molecular complexity index is 625. The minimum atomic E-state index is -0.657. The molecular weight excluding hydrogens is 212 g/mol. The van der Waals surface area contributed by atoms with E-state index in [0.717, 1.165) is 0 Å². The lowest BCUT2D eigenvalue weighted by Gasteiger charge is -1.89. The van der Waals surface area contributed by atoms with Gasteiger partial charge in [0.1, 0.15) is 0 Å². The van der Waals surface area contributed by atoms with Gasteiger partial charge in [0.25, 0.3) is 5.56 Å². The molecule has 0 aliphatic carbocycles. The van der Waals surface area contributed by atoms with Gasteiger partial charge in [0.05, 0.1) is 0 Å². The van der Waals surface area contributed by atoms with Crippen molar-refractivity contribution in [1.29, 1.82) is 0 Å². The zero-order chi connectivity index (χ0) is 9.59. The van der Waals surface area contributed by atoms with Crippen LogP contribution >= 0.6 is 25.0 Å². The molecule has 6 nitrogen and oxygen atoms in total. The number of aromatic amines is 1. The van der Waals surface area contributed by atoms with E-state index in [1.165, 1.54) is 0 Å². The fraction of sp³-hybridized carbons (Fsp3) is 0. The van der Waals surface area contributed by atoms with Crippen molar-refractivity contribution in [1.82, 2.24) is 8.96 Å². The maximum absolute atomic E-state index is 11.3. The Hall–Kier alpha value is -1.28. The van der Waals surface area contributed by atoms with Gasteiger partial charge in [-0.15, -0.1) is 0 Å². The van der Waals surface area contributed by atoms with Crippen molar-refractivity contribution >= 4 is 30.1 Å². The summed E-state index contributed by atoms with van der Waals surface area (Å²) in [5.74, 6) is 0. The molecule has 0 bridgehead atoms. The number of hydrogen-bond acceptors (Lipinski definition) is 4. The number of aromatic nitrogens is 2. The van der Waals surface area contributed by atoms with Gasteiger partial charge < -0.3 is 0 Å². The summed E-state index contributed by atoms with van der Waals surface area (Å²) in [6.07, 6.45) is 0. The second-order valence-electron chi connectivity index (χ2n) is 2.25. The molecule has 0 unspecified atom stereocenters. The van der Waals surface area contributed by atoms with Crippen LogP contribution in [0.5, 0.6) is 0 Å². The van der Waals surface area contributed by atoms with Crippen LogP contribution in [0.3, 0.4) is 0 Å². The van der Waals surface area contributed by atoms with Crippen molar-refractivity contribution in [3.63, 3.8) is 0 Å². The van der Waals surface area contributed by atoms with Gasteiger partial charge >= 0.3 is 5.69 Å². The zero-order valence-corrected chi connectivity index (χ0v) is 7.72. The van der Waals surface area contributed by atoms with Crippen LogP contribution in [0, 0.1) is 0 Å². The predicted octanol–water partition coefficient (Wildman–Crippen LogP) is -2.23. The first-order valence-electron chi connectivity index (χ1n) is 3.15. The van der Waals surface area contributed by atoms with Crippen molar-refractivity contribution in [2.24, 2.45) is 9.98 Å². The molecule has 0 saturated carbocycles. The average Bonchev–Trinajstić information content (AvgIpc) is 2.42. The second kappa shape index (κ2) is 2.60. The molecular formula is C5H2N4O2S2. The largest absolute Gasteiger partial charge is 0.340 e. The molecule has 66 valence electrons. The highest BCUT2D eigenvalue weighted by Gasteiger charge is 2.09. The van der Waals surface area contributed by atoms with Gasteiger partial charge in [-0.1, -0.05) is 12.8 Å². The summed E-state index contributed by atoms with van der Waals surface area (Å²) in [7, 11) is 0. The number of nitrogens with one attached hydrogen (secondary N) is 1. The number of H-pyrrole nitrogens is 1. The zero-order valence-electron chi connectivity index (χ0n) is 6.01. The molecule has 1 N–H and O–H groups in total. The first-order chi connectivity index (χ1) is 6.09. The van der Waals surface area contributed by atoms with Crippen LogP contribution in [0.4, 0.5) is 0 Å². The van der Waals surface area contributed by atoms with Crippen molar-refractivity contribution in [2.45, 2.75) is 0 Å². The molecule has 1 aromatic heterocycles. The van der Waals surface area contributed by atoms with Gasteiger partial charge in [-0.05, 0) is 12.2 Å². The van der Waals surface area contributed by atoms with E-state index in [4.69, 9.17) is 0 Å². The number of hydrogen-bond donors (Lipinski definition) is 2. The van der Waals surface area contributed by atoms with Crippen LogP contribution in [0.15, 0.2) is 19.6 Å². The van der Waals surface area contributed by atoms with E-state index in [9.17, 15) is 9.59 Å². The first-order valence-corrected chi connectivity index (χ1v) is 3.96. The fourth-order valence-corrected chi connectivity index (χ4v) is 1.23. The Balaban J connectivity index is 3.17. The fourth-order valence-electron chi connectivity index (χ4n) is 0.905. The van der Waals surface area contributed by atoms with Crippen molar-refractivity contribution in [3.05, 3.63) is 31.7 Å². The van der Waals surface area contributed by atoms with E-state index in [-0.39, 0.29) is 16.0 Å². The monoisotopic (exact) mass is 214 g/mol. The summed E-state index contributed by atoms with van der Waals surface area (Å²) in [5.41, 5.74) is -1.17. The summed E-state index contributed by atoms with van der Waals surface area (Å²) >= 11 is 8.30. The molecule has 0 aromatic carbocycles. The Morgan fingerprint density at radius 2 is 2.08 bits per heavy atom. The van der Waals surface area contributed by atoms with Crippen LogP contribution in [0.2, 0.25) is 0 Å². The van der Waals surface area contributed by atoms with Crippen molar-refractivity contribution in [3.8, 4) is 0 Å². The first kappa shape index (κ1) is 8.32. The van der Waals surface area contributed by atoms with Crippen molar-refractivity contribution < 1.29 is 0 Å². The predicted molar refractivity (Wildman–Crippen MR) is 50.6 cm³/mol. The summed E-state index contributed by atoms with van der Waals surface area (Å²) < 4.78 is 0.617. The molecule has 1 aliphatic rings. The number of thiocarbonyl (C=S) groups is 1. The summed E-state index contributed by atoms with van der Waals surface area (Å²) in [6, 6.07) is 0. The molecule has 1 aliphatic heterocycles.